The number of hydrogen-bond donors (Lipinski definition) is 2. The average molecular weight is 392 g/mol. The maximum absolute atomic E-state index is 12.4. The zero-order chi connectivity index (χ0) is 20.0. The van der Waals surface area contributed by atoms with Crippen molar-refractivity contribution >= 4 is 29.6 Å². The molecule has 7 nitrogen and oxygen atoms in total. The molecule has 0 aliphatic heterocycles. The summed E-state index contributed by atoms with van der Waals surface area (Å²) in [4.78, 5) is 24.0. The molecular weight excluding hydrogens is 374 g/mol. The van der Waals surface area contributed by atoms with E-state index in [2.05, 4.69) is 5.32 Å². The fourth-order valence-electron chi connectivity index (χ4n) is 2.38. The number of carboxylic acid groups (broad SMARTS) is 1. The van der Waals surface area contributed by atoms with Gasteiger partial charge in [-0.25, -0.2) is 4.79 Å². The van der Waals surface area contributed by atoms with Crippen molar-refractivity contribution in [2.45, 2.75) is 0 Å². The van der Waals surface area contributed by atoms with Crippen LogP contribution >= 0.6 is 11.6 Å². The molecule has 27 heavy (non-hydrogen) atoms. The van der Waals surface area contributed by atoms with Crippen LogP contribution in [0.15, 0.2) is 42.1 Å². The van der Waals surface area contributed by atoms with E-state index in [-0.39, 0.29) is 22.0 Å². The highest BCUT2D eigenvalue weighted by atomic mass is 35.5. The summed E-state index contributed by atoms with van der Waals surface area (Å²) in [6.07, 6.45) is 1.26. The molecule has 0 spiro atoms. The lowest BCUT2D eigenvalue weighted by Gasteiger charge is -2.15. The van der Waals surface area contributed by atoms with Crippen molar-refractivity contribution in [2.24, 2.45) is 0 Å². The van der Waals surface area contributed by atoms with E-state index in [1.54, 1.807) is 24.3 Å². The Kier molecular flexibility index (Phi) is 6.67. The molecule has 0 unspecified atom stereocenters. The lowest BCUT2D eigenvalue weighted by molar-refractivity contribution is -0.132. The van der Waals surface area contributed by atoms with Crippen LogP contribution in [0.5, 0.6) is 17.2 Å². The van der Waals surface area contributed by atoms with Gasteiger partial charge in [-0.1, -0.05) is 23.7 Å². The fraction of sp³-hybridized carbons (Fsp3) is 0.158. The van der Waals surface area contributed by atoms with Crippen molar-refractivity contribution in [3.8, 4) is 17.2 Å². The number of rotatable bonds is 7. The third kappa shape index (κ3) is 4.51. The number of methoxy groups -OCH3 is 3. The molecule has 0 radical (unpaired) electrons. The number of amides is 1. The number of carbonyl (C=O) groups excluding carboxylic acids is 1. The van der Waals surface area contributed by atoms with Gasteiger partial charge in [0.05, 0.1) is 31.9 Å². The van der Waals surface area contributed by atoms with Crippen LogP contribution in [0.2, 0.25) is 5.02 Å². The Morgan fingerprint density at radius 1 is 1.00 bits per heavy atom. The summed E-state index contributed by atoms with van der Waals surface area (Å²) in [6.45, 7) is 0. The van der Waals surface area contributed by atoms with Gasteiger partial charge >= 0.3 is 5.97 Å². The number of benzene rings is 2. The number of hydrogen-bond acceptors (Lipinski definition) is 5. The lowest BCUT2D eigenvalue weighted by atomic mass is 10.1. The highest BCUT2D eigenvalue weighted by Gasteiger charge is 2.19. The second-order valence-electron chi connectivity index (χ2n) is 5.22. The van der Waals surface area contributed by atoms with Crippen molar-refractivity contribution in [1.82, 2.24) is 5.32 Å². The van der Waals surface area contributed by atoms with Crippen LogP contribution in [-0.2, 0) is 4.79 Å². The van der Waals surface area contributed by atoms with E-state index in [1.807, 2.05) is 0 Å². The molecule has 0 bridgehead atoms. The van der Waals surface area contributed by atoms with Gasteiger partial charge in [0.2, 0.25) is 5.75 Å². The summed E-state index contributed by atoms with van der Waals surface area (Å²) < 4.78 is 15.8. The first kappa shape index (κ1) is 20.1. The maximum Gasteiger partial charge on any atom is 0.352 e. The van der Waals surface area contributed by atoms with Gasteiger partial charge in [-0.05, 0) is 30.3 Å². The van der Waals surface area contributed by atoms with Crippen molar-refractivity contribution in [2.75, 3.05) is 21.3 Å². The standard InChI is InChI=1S/C19H18ClNO6/c1-25-15-9-8-11(16(26-2)17(15)27-3)10-14(19(23)24)21-18(22)12-6-4-5-7-13(12)20/h4-10H,1-3H3,(H,21,22)(H,23,24). The van der Waals surface area contributed by atoms with E-state index >= 15 is 0 Å². The molecule has 0 saturated heterocycles. The molecule has 2 aromatic carbocycles. The molecule has 0 atom stereocenters. The van der Waals surface area contributed by atoms with Gasteiger partial charge in [0.15, 0.2) is 11.5 Å². The Hall–Kier alpha value is -3.19. The molecule has 2 rings (SSSR count). The minimum atomic E-state index is -1.33. The van der Waals surface area contributed by atoms with E-state index in [4.69, 9.17) is 25.8 Å². The van der Waals surface area contributed by atoms with Gasteiger partial charge in [0, 0.05) is 5.56 Å². The number of halogens is 1. The molecule has 142 valence electrons. The van der Waals surface area contributed by atoms with Gasteiger partial charge in [0.1, 0.15) is 5.70 Å². The van der Waals surface area contributed by atoms with Crippen LogP contribution in [-0.4, -0.2) is 38.3 Å². The van der Waals surface area contributed by atoms with Crippen LogP contribution in [0.3, 0.4) is 0 Å². The van der Waals surface area contributed by atoms with Crippen molar-refractivity contribution in [3.63, 3.8) is 0 Å². The number of nitrogens with one attached hydrogen (secondary N) is 1. The van der Waals surface area contributed by atoms with Gasteiger partial charge in [-0.15, -0.1) is 0 Å². The molecule has 8 heteroatoms. The van der Waals surface area contributed by atoms with E-state index in [0.29, 0.717) is 17.1 Å². The van der Waals surface area contributed by atoms with Crippen molar-refractivity contribution in [1.29, 1.82) is 0 Å². The molecule has 0 aliphatic carbocycles. The van der Waals surface area contributed by atoms with E-state index in [9.17, 15) is 14.7 Å². The quantitative estimate of drug-likeness (QED) is 0.704. The highest BCUT2D eigenvalue weighted by molar-refractivity contribution is 6.34. The number of carbonyl (C=O) groups is 2. The average Bonchev–Trinajstić information content (AvgIpc) is 2.66. The molecule has 0 aromatic heterocycles. The lowest BCUT2D eigenvalue weighted by Crippen LogP contribution is -2.27. The highest BCUT2D eigenvalue weighted by Crippen LogP contribution is 2.40. The molecule has 0 heterocycles. The Bertz CT molecular complexity index is 894. The first-order chi connectivity index (χ1) is 12.9. The Labute approximate surface area is 161 Å². The first-order valence-corrected chi connectivity index (χ1v) is 8.10. The number of ether oxygens (including phenoxy) is 3. The van der Waals surface area contributed by atoms with Crippen LogP contribution in [0.1, 0.15) is 15.9 Å². The van der Waals surface area contributed by atoms with Crippen LogP contribution < -0.4 is 19.5 Å². The fourth-order valence-corrected chi connectivity index (χ4v) is 2.60. The number of carboxylic acids is 1. The zero-order valence-corrected chi connectivity index (χ0v) is 15.7. The third-order valence-corrected chi connectivity index (χ3v) is 3.96. The van der Waals surface area contributed by atoms with Crippen LogP contribution in [0.4, 0.5) is 0 Å². The molecule has 0 aliphatic rings. The van der Waals surface area contributed by atoms with Crippen molar-refractivity contribution < 1.29 is 28.9 Å². The molecule has 1 amide bonds. The topological polar surface area (TPSA) is 94.1 Å². The van der Waals surface area contributed by atoms with Crippen LogP contribution in [0, 0.1) is 0 Å². The second kappa shape index (κ2) is 8.95. The van der Waals surface area contributed by atoms with E-state index in [1.165, 1.54) is 39.5 Å². The molecular formula is C19H18ClNO6. The smallest absolute Gasteiger partial charge is 0.352 e. The summed E-state index contributed by atoms with van der Waals surface area (Å²) in [7, 11) is 4.32. The minimum absolute atomic E-state index is 0.158. The Balaban J connectivity index is 2.45. The molecule has 0 fully saturated rings. The van der Waals surface area contributed by atoms with E-state index in [0.717, 1.165) is 0 Å². The summed E-state index contributed by atoms with van der Waals surface area (Å²) >= 11 is 5.98. The largest absolute Gasteiger partial charge is 0.493 e. The summed E-state index contributed by atoms with van der Waals surface area (Å²) in [5, 5.41) is 12.0. The predicted molar refractivity (Wildman–Crippen MR) is 101 cm³/mol. The van der Waals surface area contributed by atoms with Gasteiger partial charge < -0.3 is 24.6 Å². The summed E-state index contributed by atoms with van der Waals surface area (Å²) in [5.41, 5.74) is 0.183. The zero-order valence-electron chi connectivity index (χ0n) is 14.9. The van der Waals surface area contributed by atoms with E-state index < -0.39 is 11.9 Å². The SMILES string of the molecule is COc1ccc(C=C(NC(=O)c2ccccc2Cl)C(=O)O)c(OC)c1OC. The monoisotopic (exact) mass is 391 g/mol. The predicted octanol–water partition coefficient (Wildman–Crippen LogP) is 3.22. The maximum atomic E-state index is 12.4. The normalized spacial score (nSPS) is 10.9. The Morgan fingerprint density at radius 3 is 2.22 bits per heavy atom. The van der Waals surface area contributed by atoms with Gasteiger partial charge in [0.25, 0.3) is 5.91 Å². The van der Waals surface area contributed by atoms with Crippen molar-refractivity contribution in [3.05, 3.63) is 58.2 Å². The van der Waals surface area contributed by atoms with Gasteiger partial charge in [-0.3, -0.25) is 4.79 Å². The molecule has 2 aromatic rings. The summed E-state index contributed by atoms with van der Waals surface area (Å²) in [5.74, 6) is -0.983. The molecule has 2 N–H and O–H groups in total. The second-order valence-corrected chi connectivity index (χ2v) is 5.63. The third-order valence-electron chi connectivity index (χ3n) is 3.63. The molecule has 0 saturated carbocycles. The minimum Gasteiger partial charge on any atom is -0.493 e. The number of aliphatic carboxylic acids is 1. The first-order valence-electron chi connectivity index (χ1n) is 7.72. The summed E-state index contributed by atoms with van der Waals surface area (Å²) in [6, 6.07) is 9.52. The Morgan fingerprint density at radius 2 is 1.67 bits per heavy atom. The van der Waals surface area contributed by atoms with Gasteiger partial charge in [-0.2, -0.15) is 0 Å². The van der Waals surface area contributed by atoms with Crippen LogP contribution in [0.25, 0.3) is 6.08 Å².